The number of likely N-dealkylation sites (tertiary alicyclic amines) is 1. The van der Waals surface area contributed by atoms with Crippen molar-refractivity contribution >= 4 is 16.6 Å². The number of alkyl halides is 6. The number of H-pyrrole nitrogens is 1. The highest BCUT2D eigenvalue weighted by Gasteiger charge is 2.43. The first kappa shape index (κ1) is 26.5. The molecule has 13 heteroatoms. The lowest BCUT2D eigenvalue weighted by Crippen LogP contribution is -2.54. The second-order valence-electron chi connectivity index (χ2n) is 9.84. The maximum Gasteiger partial charge on any atom is 0.401 e. The van der Waals surface area contributed by atoms with Gasteiger partial charge in [0.2, 0.25) is 0 Å². The molecule has 0 radical (unpaired) electrons. The molecule has 206 valence electrons. The van der Waals surface area contributed by atoms with Gasteiger partial charge in [0.25, 0.3) is 0 Å². The molecule has 7 nitrogen and oxygen atoms in total. The summed E-state index contributed by atoms with van der Waals surface area (Å²) in [6.45, 7) is -1.22. The fourth-order valence-corrected chi connectivity index (χ4v) is 5.47. The number of benzene rings is 1. The maximum atomic E-state index is 13.7. The van der Waals surface area contributed by atoms with Gasteiger partial charge in [-0.15, -0.1) is 0 Å². The molecule has 0 saturated carbocycles. The summed E-state index contributed by atoms with van der Waals surface area (Å²) in [6, 6.07) is 3.13. The van der Waals surface area contributed by atoms with Gasteiger partial charge in [0.05, 0.1) is 48.9 Å². The number of hydrogen-bond acceptors (Lipinski definition) is 6. The fraction of sp³-hybridized carbons (Fsp3) is 0.520. The number of hydrogen-bond donors (Lipinski definition) is 2. The Labute approximate surface area is 215 Å². The number of aromatic nitrogens is 3. The van der Waals surface area contributed by atoms with Crippen molar-refractivity contribution in [3.63, 3.8) is 0 Å². The number of halogens is 6. The third-order valence-corrected chi connectivity index (χ3v) is 7.12. The summed E-state index contributed by atoms with van der Waals surface area (Å²) < 4.78 is 85.3. The number of nitrogens with one attached hydrogen (secondary N) is 2. The molecule has 2 aliphatic heterocycles. The van der Waals surface area contributed by atoms with E-state index < -0.39 is 38.1 Å². The van der Waals surface area contributed by atoms with E-state index in [9.17, 15) is 26.3 Å². The van der Waals surface area contributed by atoms with Gasteiger partial charge < -0.3 is 10.1 Å². The van der Waals surface area contributed by atoms with Crippen LogP contribution < -0.4 is 10.1 Å². The van der Waals surface area contributed by atoms with Crippen LogP contribution in [0.5, 0.6) is 5.75 Å². The van der Waals surface area contributed by atoms with Crippen LogP contribution in [-0.2, 0) is 6.42 Å². The van der Waals surface area contributed by atoms with E-state index in [1.54, 1.807) is 25.3 Å². The van der Waals surface area contributed by atoms with Crippen LogP contribution >= 0.6 is 0 Å². The van der Waals surface area contributed by atoms with Crippen LogP contribution in [0.2, 0.25) is 0 Å². The Hall–Kier alpha value is -3.06. The summed E-state index contributed by atoms with van der Waals surface area (Å²) in [5.74, 6) is -0.289. The summed E-state index contributed by atoms with van der Waals surface area (Å²) in [4.78, 5) is 7.69. The fourth-order valence-electron chi connectivity index (χ4n) is 5.47. The number of nitrogens with zero attached hydrogens (tertiary/aromatic N) is 4. The molecule has 0 unspecified atom stereocenters. The van der Waals surface area contributed by atoms with Gasteiger partial charge in [0.15, 0.2) is 5.75 Å². The van der Waals surface area contributed by atoms with Crippen molar-refractivity contribution in [1.82, 2.24) is 25.0 Å². The molecular formula is C25H28F6N6O. The molecule has 2 N–H and O–H groups in total. The lowest BCUT2D eigenvalue weighted by molar-refractivity contribution is -0.155. The summed E-state index contributed by atoms with van der Waals surface area (Å²) in [7, 11) is 0. The standard InChI is InChI=1S/C25H28F6N6O/c1-14-7-18-17(3-4-20-19(18)10-33-35-20)23(37(14)13-25(29,30)31)22-21(38-24(27)28)8-15(9-32-22)34-16-11-36(12-16)6-2-5-26/h3-4,8-10,14,16,23-24,34H,2,5-7,11-13H2,1H3,(H,33,35)/t14-,23+/m1/s1. The van der Waals surface area contributed by atoms with Gasteiger partial charge in [0.1, 0.15) is 5.69 Å². The maximum absolute atomic E-state index is 13.7. The predicted molar refractivity (Wildman–Crippen MR) is 129 cm³/mol. The smallest absolute Gasteiger partial charge is 0.401 e. The number of rotatable bonds is 9. The average molecular weight is 543 g/mol. The van der Waals surface area contributed by atoms with E-state index in [4.69, 9.17) is 4.74 Å². The number of pyridine rings is 1. The van der Waals surface area contributed by atoms with E-state index in [1.165, 1.54) is 17.2 Å². The Morgan fingerprint density at radius 3 is 2.71 bits per heavy atom. The van der Waals surface area contributed by atoms with Crippen molar-refractivity contribution in [2.75, 3.05) is 38.2 Å². The largest absolute Gasteiger partial charge is 0.433 e. The molecule has 1 saturated heterocycles. The van der Waals surface area contributed by atoms with Crippen molar-refractivity contribution in [1.29, 1.82) is 0 Å². The first-order chi connectivity index (χ1) is 18.1. The molecule has 0 aliphatic carbocycles. The molecule has 0 amide bonds. The third-order valence-electron chi connectivity index (χ3n) is 7.12. The van der Waals surface area contributed by atoms with E-state index in [-0.39, 0.29) is 17.5 Å². The Bertz CT molecular complexity index is 1260. The zero-order chi connectivity index (χ0) is 27.0. The number of fused-ring (bicyclic) bond motifs is 3. The summed E-state index contributed by atoms with van der Waals surface area (Å²) in [6.07, 6.45) is -0.712. The van der Waals surface area contributed by atoms with Gasteiger partial charge in [-0.2, -0.15) is 27.1 Å². The van der Waals surface area contributed by atoms with Crippen LogP contribution in [0.4, 0.5) is 32.0 Å². The van der Waals surface area contributed by atoms with Crippen molar-refractivity contribution in [2.45, 2.75) is 50.7 Å². The van der Waals surface area contributed by atoms with Gasteiger partial charge in [0, 0.05) is 37.1 Å². The van der Waals surface area contributed by atoms with Gasteiger partial charge in [-0.25, -0.2) is 0 Å². The molecule has 2 aliphatic rings. The zero-order valence-electron chi connectivity index (χ0n) is 20.6. The quantitative estimate of drug-likeness (QED) is 0.375. The lowest BCUT2D eigenvalue weighted by Gasteiger charge is -2.42. The Balaban J connectivity index is 1.52. The van der Waals surface area contributed by atoms with Crippen molar-refractivity contribution < 1.29 is 31.1 Å². The van der Waals surface area contributed by atoms with E-state index >= 15 is 0 Å². The summed E-state index contributed by atoms with van der Waals surface area (Å²) in [5, 5.41) is 10.9. The highest BCUT2D eigenvalue weighted by atomic mass is 19.4. The molecule has 2 atom stereocenters. The molecular weight excluding hydrogens is 514 g/mol. The predicted octanol–water partition coefficient (Wildman–Crippen LogP) is 4.91. The monoisotopic (exact) mass is 542 g/mol. The second-order valence-corrected chi connectivity index (χ2v) is 9.84. The van der Waals surface area contributed by atoms with Crippen LogP contribution in [0.1, 0.15) is 36.2 Å². The van der Waals surface area contributed by atoms with Crippen LogP contribution in [0, 0.1) is 0 Å². The Kier molecular flexibility index (Phi) is 7.40. The number of ether oxygens (including phenoxy) is 1. The number of aromatic amines is 1. The summed E-state index contributed by atoms with van der Waals surface area (Å²) in [5.41, 5.74) is 2.46. The second kappa shape index (κ2) is 10.6. The molecule has 0 spiro atoms. The number of anilines is 1. The minimum Gasteiger partial charge on any atom is -0.433 e. The molecule has 1 fully saturated rings. The Morgan fingerprint density at radius 2 is 2.00 bits per heavy atom. The van der Waals surface area contributed by atoms with E-state index in [2.05, 4.69) is 25.4 Å². The highest BCUT2D eigenvalue weighted by molar-refractivity contribution is 5.83. The topological polar surface area (TPSA) is 69.3 Å². The van der Waals surface area contributed by atoms with E-state index in [0.29, 0.717) is 43.7 Å². The zero-order valence-corrected chi connectivity index (χ0v) is 20.6. The van der Waals surface area contributed by atoms with Crippen LogP contribution in [0.15, 0.2) is 30.6 Å². The van der Waals surface area contributed by atoms with E-state index in [0.717, 1.165) is 16.5 Å². The molecule has 5 rings (SSSR count). The molecule has 2 aromatic heterocycles. The van der Waals surface area contributed by atoms with Gasteiger partial charge in [-0.1, -0.05) is 6.07 Å². The van der Waals surface area contributed by atoms with Gasteiger partial charge in [-0.3, -0.25) is 24.3 Å². The molecule has 38 heavy (non-hydrogen) atoms. The molecule has 3 aromatic rings. The van der Waals surface area contributed by atoms with Gasteiger partial charge in [-0.05, 0) is 37.0 Å². The van der Waals surface area contributed by atoms with Crippen molar-refractivity contribution in [3.05, 3.63) is 47.4 Å². The first-order valence-corrected chi connectivity index (χ1v) is 12.4. The molecule has 1 aromatic carbocycles. The van der Waals surface area contributed by atoms with Crippen molar-refractivity contribution in [3.8, 4) is 5.75 Å². The van der Waals surface area contributed by atoms with E-state index in [1.807, 2.05) is 0 Å². The highest BCUT2D eigenvalue weighted by Crippen LogP contribution is 2.44. The van der Waals surface area contributed by atoms with Crippen LogP contribution in [0.3, 0.4) is 0 Å². The lowest BCUT2D eigenvalue weighted by atomic mass is 9.84. The minimum atomic E-state index is -4.52. The van der Waals surface area contributed by atoms with Gasteiger partial charge >= 0.3 is 12.8 Å². The minimum absolute atomic E-state index is 0.00759. The first-order valence-electron chi connectivity index (χ1n) is 12.4. The molecule has 4 heterocycles. The normalized spacial score (nSPS) is 21.1. The molecule has 0 bridgehead atoms. The SMILES string of the molecule is C[C@@H]1Cc2c(ccc3[nH]ncc23)[C@@H](c2ncc(NC3CN(CCCF)C3)cc2OC(F)F)N1CC(F)(F)F. The third kappa shape index (κ3) is 5.53. The van der Waals surface area contributed by atoms with Crippen LogP contribution in [0.25, 0.3) is 10.9 Å². The van der Waals surface area contributed by atoms with Crippen molar-refractivity contribution in [2.24, 2.45) is 0 Å². The average Bonchev–Trinajstić information content (AvgIpc) is 3.30. The Morgan fingerprint density at radius 1 is 1.21 bits per heavy atom. The summed E-state index contributed by atoms with van der Waals surface area (Å²) >= 11 is 0. The van der Waals surface area contributed by atoms with Crippen LogP contribution in [-0.4, -0.2) is 82.7 Å².